The smallest absolute Gasteiger partial charge is 0.190 e. The molecule has 1 aliphatic heterocycles. The highest BCUT2D eigenvalue weighted by Gasteiger charge is 2.22. The van der Waals surface area contributed by atoms with Crippen molar-refractivity contribution in [3.05, 3.63) is 0 Å². The zero-order chi connectivity index (χ0) is 9.68. The molecule has 1 fully saturated rings. The lowest BCUT2D eigenvalue weighted by atomic mass is 10.1. The van der Waals surface area contributed by atoms with Crippen LogP contribution in [0.5, 0.6) is 0 Å². The van der Waals surface area contributed by atoms with E-state index in [2.05, 4.69) is 22.6 Å². The van der Waals surface area contributed by atoms with E-state index >= 15 is 0 Å². The Balaban J connectivity index is 2.22. The van der Waals surface area contributed by atoms with Gasteiger partial charge in [0.1, 0.15) is 0 Å². The number of hydrogen-bond acceptors (Lipinski definition) is 3. The topological polar surface area (TPSA) is 42.5 Å². The first-order valence-corrected chi connectivity index (χ1v) is 4.86. The first kappa shape index (κ1) is 10.7. The number of thiocarbonyl (C=S) groups is 1. The Morgan fingerprint density at radius 2 is 2.46 bits per heavy atom. The Morgan fingerprint density at radius 3 is 3.00 bits per heavy atom. The van der Waals surface area contributed by atoms with Crippen LogP contribution in [0.25, 0.3) is 0 Å². The molecule has 0 aromatic carbocycles. The lowest BCUT2D eigenvalue weighted by molar-refractivity contribution is 0.0865. The Labute approximate surface area is 83.9 Å². The predicted octanol–water partition coefficient (Wildman–Crippen LogP) is 0.579. The summed E-state index contributed by atoms with van der Waals surface area (Å²) in [7, 11) is 1.53. The van der Waals surface area contributed by atoms with Crippen molar-refractivity contribution in [3.63, 3.8) is 0 Å². The van der Waals surface area contributed by atoms with Crippen LogP contribution in [0.4, 0.5) is 0 Å². The van der Waals surface area contributed by atoms with Crippen molar-refractivity contribution in [1.29, 1.82) is 0 Å². The summed E-state index contributed by atoms with van der Waals surface area (Å²) < 4.78 is 5.50. The fourth-order valence-corrected chi connectivity index (χ4v) is 1.69. The van der Waals surface area contributed by atoms with E-state index in [1.165, 1.54) is 7.11 Å². The lowest BCUT2D eigenvalue weighted by Crippen LogP contribution is -2.45. The van der Waals surface area contributed by atoms with Crippen LogP contribution >= 0.6 is 12.2 Å². The molecule has 0 amide bonds. The molecule has 2 unspecified atom stereocenters. The van der Waals surface area contributed by atoms with Gasteiger partial charge >= 0.3 is 0 Å². The molecule has 1 saturated heterocycles. The van der Waals surface area contributed by atoms with Gasteiger partial charge in [0.2, 0.25) is 0 Å². The summed E-state index contributed by atoms with van der Waals surface area (Å²) in [5.74, 6) is 0. The summed E-state index contributed by atoms with van der Waals surface area (Å²) in [6.45, 7) is 2.92. The fourth-order valence-electron chi connectivity index (χ4n) is 1.42. The Hall–Kier alpha value is -0.390. The predicted molar refractivity (Wildman–Crippen MR) is 54.3 cm³/mol. The van der Waals surface area contributed by atoms with Crippen LogP contribution in [-0.4, -0.2) is 31.0 Å². The maximum Gasteiger partial charge on any atom is 0.190 e. The minimum Gasteiger partial charge on any atom is -0.376 e. The summed E-state index contributed by atoms with van der Waals surface area (Å²) >= 11 is 4.96. The normalized spacial score (nSPS) is 24.0. The first-order valence-electron chi connectivity index (χ1n) is 4.45. The summed E-state index contributed by atoms with van der Waals surface area (Å²) in [5.41, 5.74) is 2.56. The maximum atomic E-state index is 5.50. The van der Waals surface area contributed by atoms with Gasteiger partial charge in [-0.15, -0.1) is 0 Å². The molecule has 2 N–H and O–H groups in total. The van der Waals surface area contributed by atoms with Gasteiger partial charge in [0.05, 0.1) is 19.3 Å². The number of hydrogen-bond donors (Lipinski definition) is 2. The van der Waals surface area contributed by atoms with Gasteiger partial charge in [0.25, 0.3) is 0 Å². The number of nitrogens with one attached hydrogen (secondary N) is 2. The minimum absolute atomic E-state index is 0.234. The van der Waals surface area contributed by atoms with Crippen molar-refractivity contribution >= 4 is 17.3 Å². The quantitative estimate of drug-likeness (QED) is 0.520. The molecule has 1 heterocycles. The molecule has 1 rings (SSSR count). The molecule has 5 heteroatoms. The highest BCUT2D eigenvalue weighted by Crippen LogP contribution is 2.15. The highest BCUT2D eigenvalue weighted by molar-refractivity contribution is 7.80. The van der Waals surface area contributed by atoms with Gasteiger partial charge in [0.15, 0.2) is 5.11 Å². The molecule has 0 bridgehead atoms. The third-order valence-electron chi connectivity index (χ3n) is 2.08. The second-order valence-electron chi connectivity index (χ2n) is 3.12. The number of ether oxygens (including phenoxy) is 1. The van der Waals surface area contributed by atoms with Crippen LogP contribution in [0.3, 0.4) is 0 Å². The van der Waals surface area contributed by atoms with Crippen LogP contribution in [0.1, 0.15) is 19.8 Å². The van der Waals surface area contributed by atoms with E-state index in [0.29, 0.717) is 5.11 Å². The van der Waals surface area contributed by atoms with E-state index in [0.717, 1.165) is 19.4 Å². The molecule has 4 nitrogen and oxygen atoms in total. The molecule has 0 saturated carbocycles. The minimum atomic E-state index is 0.234. The molecule has 0 spiro atoms. The standard InChI is InChI=1S/C8H16N2O2S/c1-6(7-4-3-5-12-7)9-8(13)10-11-2/h6-7H,3-5H2,1-2H3,(H2,9,10,13). The summed E-state index contributed by atoms with van der Waals surface area (Å²) in [5, 5.41) is 3.60. The summed E-state index contributed by atoms with van der Waals surface area (Å²) in [6, 6.07) is 0.234. The zero-order valence-corrected chi connectivity index (χ0v) is 8.82. The van der Waals surface area contributed by atoms with Gasteiger partial charge in [-0.1, -0.05) is 0 Å². The third-order valence-corrected chi connectivity index (χ3v) is 2.28. The molecular weight excluding hydrogens is 188 g/mol. The first-order chi connectivity index (χ1) is 6.24. The van der Waals surface area contributed by atoms with E-state index in [-0.39, 0.29) is 12.1 Å². The van der Waals surface area contributed by atoms with Crippen LogP contribution in [0.2, 0.25) is 0 Å². The van der Waals surface area contributed by atoms with Crippen LogP contribution in [0, 0.1) is 0 Å². The van der Waals surface area contributed by atoms with E-state index in [1.54, 1.807) is 0 Å². The largest absolute Gasteiger partial charge is 0.376 e. The lowest BCUT2D eigenvalue weighted by Gasteiger charge is -2.21. The highest BCUT2D eigenvalue weighted by atomic mass is 32.1. The molecule has 0 aromatic heterocycles. The van der Waals surface area contributed by atoms with Crippen LogP contribution in [0.15, 0.2) is 0 Å². The third kappa shape index (κ3) is 3.46. The molecule has 2 atom stereocenters. The average molecular weight is 204 g/mol. The molecule has 0 radical (unpaired) electrons. The summed E-state index contributed by atoms with van der Waals surface area (Å²) in [4.78, 5) is 4.67. The zero-order valence-electron chi connectivity index (χ0n) is 8.00. The van der Waals surface area contributed by atoms with Crippen molar-refractivity contribution in [2.24, 2.45) is 0 Å². The van der Waals surface area contributed by atoms with E-state index < -0.39 is 0 Å². The SMILES string of the molecule is CONC(=S)NC(C)C1CCCO1. The van der Waals surface area contributed by atoms with Crippen LogP contribution < -0.4 is 10.8 Å². The van der Waals surface area contributed by atoms with Crippen molar-refractivity contribution in [2.45, 2.75) is 31.9 Å². The van der Waals surface area contributed by atoms with Gasteiger partial charge in [-0.2, -0.15) is 0 Å². The number of rotatable bonds is 3. The second kappa shape index (κ2) is 5.36. The van der Waals surface area contributed by atoms with Gasteiger partial charge < -0.3 is 10.1 Å². The van der Waals surface area contributed by atoms with Gasteiger partial charge in [-0.25, -0.2) is 5.48 Å². The molecule has 0 aliphatic carbocycles. The van der Waals surface area contributed by atoms with E-state index in [4.69, 9.17) is 17.0 Å². The molecular formula is C8H16N2O2S. The Bertz CT molecular complexity index is 172. The maximum absolute atomic E-state index is 5.50. The fraction of sp³-hybridized carbons (Fsp3) is 0.875. The van der Waals surface area contributed by atoms with Crippen molar-refractivity contribution in [3.8, 4) is 0 Å². The van der Waals surface area contributed by atoms with Gasteiger partial charge in [-0.05, 0) is 32.0 Å². The van der Waals surface area contributed by atoms with E-state index in [1.807, 2.05) is 0 Å². The van der Waals surface area contributed by atoms with Crippen LogP contribution in [-0.2, 0) is 9.57 Å². The van der Waals surface area contributed by atoms with Gasteiger partial charge in [-0.3, -0.25) is 4.84 Å². The summed E-state index contributed by atoms with van der Waals surface area (Å²) in [6.07, 6.45) is 2.52. The van der Waals surface area contributed by atoms with Gasteiger partial charge in [0, 0.05) is 6.61 Å². The molecule has 13 heavy (non-hydrogen) atoms. The monoisotopic (exact) mass is 204 g/mol. The van der Waals surface area contributed by atoms with Crippen molar-refractivity contribution < 1.29 is 9.57 Å². The van der Waals surface area contributed by atoms with Crippen molar-refractivity contribution in [1.82, 2.24) is 10.8 Å². The molecule has 0 aromatic rings. The number of hydroxylamine groups is 1. The Morgan fingerprint density at radius 1 is 1.69 bits per heavy atom. The average Bonchev–Trinajstić information content (AvgIpc) is 2.55. The molecule has 1 aliphatic rings. The Kier molecular flexibility index (Phi) is 4.41. The van der Waals surface area contributed by atoms with Crippen molar-refractivity contribution in [2.75, 3.05) is 13.7 Å². The van der Waals surface area contributed by atoms with E-state index in [9.17, 15) is 0 Å². The second-order valence-corrected chi connectivity index (χ2v) is 3.53. The molecule has 76 valence electrons.